The summed E-state index contributed by atoms with van der Waals surface area (Å²) in [6.45, 7) is 5.07. The van der Waals surface area contributed by atoms with Crippen LogP contribution in [-0.2, 0) is 47.6 Å². The summed E-state index contributed by atoms with van der Waals surface area (Å²) in [5.41, 5.74) is 0. The molecule has 11 nitrogen and oxygen atoms in total. The summed E-state index contributed by atoms with van der Waals surface area (Å²) in [5.74, 6) is -2.94. The molecule has 11 heteroatoms. The molecular formula is C18H25NO10. The molecule has 0 saturated carbocycles. The highest BCUT2D eigenvalue weighted by Crippen LogP contribution is 2.31. The van der Waals surface area contributed by atoms with Crippen molar-refractivity contribution in [1.29, 1.82) is 5.26 Å². The van der Waals surface area contributed by atoms with Crippen molar-refractivity contribution in [1.82, 2.24) is 0 Å². The van der Waals surface area contributed by atoms with Crippen LogP contribution in [0.4, 0.5) is 0 Å². The molecule has 0 spiro atoms. The van der Waals surface area contributed by atoms with Gasteiger partial charge in [-0.15, -0.1) is 0 Å². The maximum Gasteiger partial charge on any atom is 0.307 e. The first-order chi connectivity index (χ1) is 13.6. The van der Waals surface area contributed by atoms with Gasteiger partial charge in [-0.2, -0.15) is 5.26 Å². The zero-order chi connectivity index (χ0) is 22.1. The van der Waals surface area contributed by atoms with Crippen molar-refractivity contribution in [2.75, 3.05) is 7.11 Å². The molecule has 0 amide bonds. The van der Waals surface area contributed by atoms with Gasteiger partial charge in [0.1, 0.15) is 6.07 Å². The highest BCUT2D eigenvalue weighted by atomic mass is 16.7. The summed E-state index contributed by atoms with van der Waals surface area (Å²) in [6.07, 6.45) is -7.70. The lowest BCUT2D eigenvalue weighted by Crippen LogP contribution is -2.64. The molecular weight excluding hydrogens is 390 g/mol. The average Bonchev–Trinajstić information content (AvgIpc) is 2.62. The summed E-state index contributed by atoms with van der Waals surface area (Å²) in [4.78, 5) is 46.7. The normalized spacial score (nSPS) is 27.1. The van der Waals surface area contributed by atoms with E-state index in [2.05, 4.69) is 0 Å². The second-order valence-corrected chi connectivity index (χ2v) is 6.22. The lowest BCUT2D eigenvalue weighted by atomic mass is 9.94. The monoisotopic (exact) mass is 415 g/mol. The number of ether oxygens (including phenoxy) is 6. The molecule has 1 heterocycles. The molecule has 1 aliphatic rings. The van der Waals surface area contributed by atoms with Crippen molar-refractivity contribution in [3.63, 3.8) is 0 Å². The molecule has 0 aliphatic carbocycles. The van der Waals surface area contributed by atoms with Gasteiger partial charge in [0.05, 0.1) is 0 Å². The van der Waals surface area contributed by atoms with E-state index in [1.807, 2.05) is 0 Å². The molecule has 0 bridgehead atoms. The van der Waals surface area contributed by atoms with Crippen LogP contribution in [0.25, 0.3) is 0 Å². The van der Waals surface area contributed by atoms with Crippen LogP contribution in [-0.4, -0.2) is 67.8 Å². The number of hydrogen-bond acceptors (Lipinski definition) is 11. The molecule has 1 aliphatic heterocycles. The first kappa shape index (κ1) is 24.3. The van der Waals surface area contributed by atoms with Gasteiger partial charge in [-0.1, -0.05) is 6.92 Å². The fourth-order valence-corrected chi connectivity index (χ4v) is 2.81. The standard InChI is InChI=1S/C18H25NO10/c1-6-7-13(23)28-12(8-19)14-15(25-9(2)20)16(26-10(3)21)17(27-11(4)22)18(24-5)29-14/h12,14-18H,6-7H2,1-5H3/t12-,14-,15-,16+,17-,18+/m1/s1. The van der Waals surface area contributed by atoms with Gasteiger partial charge in [0, 0.05) is 34.3 Å². The Hall–Kier alpha value is -2.71. The number of methoxy groups -OCH3 is 1. The number of nitriles is 1. The van der Waals surface area contributed by atoms with Gasteiger partial charge in [0.15, 0.2) is 30.7 Å². The predicted molar refractivity (Wildman–Crippen MR) is 92.7 cm³/mol. The molecule has 0 radical (unpaired) electrons. The van der Waals surface area contributed by atoms with E-state index in [1.54, 1.807) is 13.0 Å². The third kappa shape index (κ3) is 6.99. The Kier molecular flexibility index (Phi) is 9.50. The second-order valence-electron chi connectivity index (χ2n) is 6.22. The van der Waals surface area contributed by atoms with E-state index in [1.165, 1.54) is 7.11 Å². The Bertz CT molecular complexity index is 658. The number of carbonyl (C=O) groups is 4. The van der Waals surface area contributed by atoms with Gasteiger partial charge in [-0.25, -0.2) is 0 Å². The fourth-order valence-electron chi connectivity index (χ4n) is 2.81. The zero-order valence-corrected chi connectivity index (χ0v) is 16.9. The van der Waals surface area contributed by atoms with Crippen LogP contribution in [0.5, 0.6) is 0 Å². The van der Waals surface area contributed by atoms with Crippen molar-refractivity contribution < 1.29 is 47.6 Å². The Morgan fingerprint density at radius 2 is 1.48 bits per heavy atom. The maximum atomic E-state index is 11.9. The smallest absolute Gasteiger partial charge is 0.307 e. The van der Waals surface area contributed by atoms with Crippen molar-refractivity contribution in [2.45, 2.75) is 77.3 Å². The van der Waals surface area contributed by atoms with Gasteiger partial charge in [-0.05, 0) is 6.42 Å². The van der Waals surface area contributed by atoms with Gasteiger partial charge in [-0.3, -0.25) is 19.2 Å². The van der Waals surface area contributed by atoms with E-state index < -0.39 is 60.7 Å². The number of hydrogen-bond donors (Lipinski definition) is 0. The minimum absolute atomic E-state index is 0.0558. The maximum absolute atomic E-state index is 11.9. The summed E-state index contributed by atoms with van der Waals surface area (Å²) >= 11 is 0. The third-order valence-corrected chi connectivity index (χ3v) is 3.81. The lowest BCUT2D eigenvalue weighted by Gasteiger charge is -2.44. The van der Waals surface area contributed by atoms with Gasteiger partial charge < -0.3 is 28.4 Å². The molecule has 1 fully saturated rings. The first-order valence-corrected chi connectivity index (χ1v) is 8.93. The van der Waals surface area contributed by atoms with E-state index in [-0.39, 0.29) is 6.42 Å². The van der Waals surface area contributed by atoms with Gasteiger partial charge >= 0.3 is 23.9 Å². The zero-order valence-electron chi connectivity index (χ0n) is 16.9. The molecule has 0 unspecified atom stereocenters. The molecule has 6 atom stereocenters. The highest BCUT2D eigenvalue weighted by molar-refractivity contribution is 5.70. The van der Waals surface area contributed by atoms with E-state index in [4.69, 9.17) is 28.4 Å². The predicted octanol–water partition coefficient (Wildman–Crippen LogP) is 0.388. The Morgan fingerprint density at radius 1 is 0.966 bits per heavy atom. The highest BCUT2D eigenvalue weighted by Gasteiger charge is 2.55. The first-order valence-electron chi connectivity index (χ1n) is 8.93. The van der Waals surface area contributed by atoms with Crippen LogP contribution in [0.1, 0.15) is 40.5 Å². The summed E-state index contributed by atoms with van der Waals surface area (Å²) in [7, 11) is 1.24. The molecule has 1 rings (SSSR count). The van der Waals surface area contributed by atoms with Crippen LogP contribution in [0.2, 0.25) is 0 Å². The Balaban J connectivity index is 3.35. The van der Waals surface area contributed by atoms with Crippen LogP contribution in [0, 0.1) is 11.3 Å². The van der Waals surface area contributed by atoms with Crippen LogP contribution in [0.3, 0.4) is 0 Å². The number of rotatable bonds is 8. The number of nitrogens with zero attached hydrogens (tertiary/aromatic N) is 1. The lowest BCUT2D eigenvalue weighted by molar-refractivity contribution is -0.307. The number of carbonyl (C=O) groups excluding carboxylic acids is 4. The van der Waals surface area contributed by atoms with Gasteiger partial charge in [0.2, 0.25) is 6.10 Å². The molecule has 0 N–H and O–H groups in total. The van der Waals surface area contributed by atoms with Crippen LogP contribution < -0.4 is 0 Å². The van der Waals surface area contributed by atoms with E-state index in [9.17, 15) is 24.4 Å². The van der Waals surface area contributed by atoms with Crippen molar-refractivity contribution >= 4 is 23.9 Å². The second kappa shape index (κ2) is 11.3. The van der Waals surface area contributed by atoms with Crippen LogP contribution >= 0.6 is 0 Å². The SMILES string of the molecule is CCCC(=O)O[C@H](C#N)[C@H]1O[C@H](OC)[C@H](OC(C)=O)[C@@H](OC(C)=O)[C@@H]1OC(C)=O. The van der Waals surface area contributed by atoms with Crippen molar-refractivity contribution in [2.24, 2.45) is 0 Å². The van der Waals surface area contributed by atoms with E-state index in [0.29, 0.717) is 6.42 Å². The number of esters is 4. The Labute approximate surface area is 168 Å². The van der Waals surface area contributed by atoms with Crippen LogP contribution in [0.15, 0.2) is 0 Å². The average molecular weight is 415 g/mol. The summed E-state index contributed by atoms with van der Waals surface area (Å²) in [6, 6.07) is 1.78. The minimum Gasteiger partial charge on any atom is -0.455 e. The topological polar surface area (TPSA) is 147 Å². The molecule has 0 aromatic carbocycles. The minimum atomic E-state index is -1.51. The molecule has 29 heavy (non-hydrogen) atoms. The summed E-state index contributed by atoms with van der Waals surface area (Å²) < 4.78 is 31.5. The quantitative estimate of drug-likeness (QED) is 0.400. The van der Waals surface area contributed by atoms with E-state index >= 15 is 0 Å². The Morgan fingerprint density at radius 3 is 1.93 bits per heavy atom. The molecule has 162 valence electrons. The van der Waals surface area contributed by atoms with Crippen molar-refractivity contribution in [3.05, 3.63) is 0 Å². The fraction of sp³-hybridized carbons (Fsp3) is 0.722. The van der Waals surface area contributed by atoms with Crippen molar-refractivity contribution in [3.8, 4) is 6.07 Å². The summed E-state index contributed by atoms with van der Waals surface area (Å²) in [5, 5.41) is 9.50. The molecule has 1 saturated heterocycles. The molecule has 0 aromatic heterocycles. The largest absolute Gasteiger partial charge is 0.455 e. The third-order valence-electron chi connectivity index (χ3n) is 3.81. The van der Waals surface area contributed by atoms with Gasteiger partial charge in [0.25, 0.3) is 0 Å². The van der Waals surface area contributed by atoms with E-state index in [0.717, 1.165) is 20.8 Å². The molecule has 0 aromatic rings.